The molecule has 4 rings (SSSR count). The summed E-state index contributed by atoms with van der Waals surface area (Å²) in [4.78, 5) is 27.1. The van der Waals surface area contributed by atoms with Crippen molar-refractivity contribution in [3.63, 3.8) is 0 Å². The van der Waals surface area contributed by atoms with E-state index in [-0.39, 0.29) is 49.2 Å². The topological polar surface area (TPSA) is 112 Å². The van der Waals surface area contributed by atoms with Gasteiger partial charge in [0.1, 0.15) is 0 Å². The van der Waals surface area contributed by atoms with Gasteiger partial charge >= 0.3 is 11.9 Å². The molecule has 4 aliphatic carbocycles. The molecule has 0 bridgehead atoms. The third-order valence-corrected chi connectivity index (χ3v) is 11.8. The molecule has 0 aromatic rings. The Morgan fingerprint density at radius 2 is 0.940 bits per heavy atom. The highest BCUT2D eigenvalue weighted by molar-refractivity contribution is 5.74. The van der Waals surface area contributed by atoms with Gasteiger partial charge in [0, 0.05) is 26.4 Å². The van der Waals surface area contributed by atoms with E-state index in [0.717, 1.165) is 116 Å². The number of hydrogen-bond acceptors (Lipinski definition) is 8. The van der Waals surface area contributed by atoms with Crippen LogP contribution in [0.1, 0.15) is 155 Å². The number of aliphatic hydroxyl groups is 2. The minimum absolute atomic E-state index is 0.130. The standard InChI is InChI=1S/C42H66O8/c1-3-9-33-19-25-41(26-20-33,49-39(45)35-11-15-37(16-12-35)47-31-7-29-43)23-5-6-24-42(27-21-34(10-4-2)22-28-42)50-40(46)36-13-17-38(18-14-36)48-32-8-30-44/h33-38,43-44H,3-4,7-22,25-32H2,1-2H3. The van der Waals surface area contributed by atoms with Crippen LogP contribution in [0.3, 0.4) is 0 Å². The predicted octanol–water partition coefficient (Wildman–Crippen LogP) is 7.45. The lowest BCUT2D eigenvalue weighted by atomic mass is 9.76. The zero-order valence-corrected chi connectivity index (χ0v) is 31.2. The van der Waals surface area contributed by atoms with E-state index in [9.17, 15) is 9.59 Å². The van der Waals surface area contributed by atoms with Gasteiger partial charge in [-0.25, -0.2) is 0 Å². The Hall–Kier alpha value is -2.10. The largest absolute Gasteiger partial charge is 0.446 e. The molecular formula is C42H66O8. The van der Waals surface area contributed by atoms with Crippen LogP contribution >= 0.6 is 0 Å². The minimum Gasteiger partial charge on any atom is -0.446 e. The second kappa shape index (κ2) is 21.4. The molecule has 4 fully saturated rings. The average Bonchev–Trinajstić information content (AvgIpc) is 3.13. The average molecular weight is 699 g/mol. The molecule has 0 aromatic heterocycles. The summed E-state index contributed by atoms with van der Waals surface area (Å²) in [6.45, 7) is 5.81. The van der Waals surface area contributed by atoms with Crippen LogP contribution in [0.2, 0.25) is 0 Å². The number of carbonyl (C=O) groups is 2. The Bertz CT molecular complexity index is 1040. The molecule has 8 heteroatoms. The second-order valence-electron chi connectivity index (χ2n) is 15.6. The summed E-state index contributed by atoms with van der Waals surface area (Å²) in [5.41, 5.74) is -1.66. The Kier molecular flexibility index (Phi) is 17.4. The molecule has 4 aliphatic rings. The van der Waals surface area contributed by atoms with Crippen LogP contribution in [0.4, 0.5) is 0 Å². The van der Waals surface area contributed by atoms with Crippen molar-refractivity contribution in [2.75, 3.05) is 26.4 Å². The number of esters is 2. The van der Waals surface area contributed by atoms with E-state index in [1.54, 1.807) is 0 Å². The summed E-state index contributed by atoms with van der Waals surface area (Å²) in [5.74, 6) is 13.6. The van der Waals surface area contributed by atoms with Gasteiger partial charge in [0.05, 0.1) is 24.0 Å². The molecule has 50 heavy (non-hydrogen) atoms. The monoisotopic (exact) mass is 698 g/mol. The Morgan fingerprint density at radius 3 is 1.26 bits per heavy atom. The molecule has 8 nitrogen and oxygen atoms in total. The van der Waals surface area contributed by atoms with Gasteiger partial charge < -0.3 is 29.2 Å². The lowest BCUT2D eigenvalue weighted by Crippen LogP contribution is -2.41. The fraction of sp³-hybridized carbons (Fsp3) is 0.857. The number of ether oxygens (including phenoxy) is 4. The first-order valence-electron chi connectivity index (χ1n) is 20.3. The minimum atomic E-state index is -0.828. The third-order valence-electron chi connectivity index (χ3n) is 11.8. The highest BCUT2D eigenvalue weighted by atomic mass is 16.6. The lowest BCUT2D eigenvalue weighted by molar-refractivity contribution is -0.165. The number of hydrogen-bond donors (Lipinski definition) is 2. The maximum atomic E-state index is 13.5. The van der Waals surface area contributed by atoms with Gasteiger partial charge in [0.15, 0.2) is 11.2 Å². The van der Waals surface area contributed by atoms with Gasteiger partial charge in [0.2, 0.25) is 0 Å². The molecule has 0 saturated heterocycles. The van der Waals surface area contributed by atoms with Crippen LogP contribution in [0.5, 0.6) is 0 Å². The summed E-state index contributed by atoms with van der Waals surface area (Å²) in [5, 5.41) is 18.1. The highest BCUT2D eigenvalue weighted by Gasteiger charge is 2.41. The van der Waals surface area contributed by atoms with Crippen molar-refractivity contribution in [3.8, 4) is 23.7 Å². The van der Waals surface area contributed by atoms with Gasteiger partial charge in [-0.15, -0.1) is 0 Å². The Balaban J connectivity index is 1.43. The molecule has 0 radical (unpaired) electrons. The first-order chi connectivity index (χ1) is 24.3. The summed E-state index contributed by atoms with van der Waals surface area (Å²) in [6, 6.07) is 0. The number of aliphatic hydroxyl groups excluding tert-OH is 2. The van der Waals surface area contributed by atoms with E-state index in [1.165, 1.54) is 12.8 Å². The first kappa shape index (κ1) is 40.7. The smallest absolute Gasteiger partial charge is 0.310 e. The first-order valence-corrected chi connectivity index (χ1v) is 20.3. The van der Waals surface area contributed by atoms with Crippen LogP contribution in [0.25, 0.3) is 0 Å². The maximum absolute atomic E-state index is 13.5. The maximum Gasteiger partial charge on any atom is 0.310 e. The number of rotatable bonds is 16. The van der Waals surface area contributed by atoms with Crippen molar-refractivity contribution in [2.24, 2.45) is 23.7 Å². The molecule has 0 atom stereocenters. The second-order valence-corrected chi connectivity index (χ2v) is 15.6. The molecule has 4 saturated carbocycles. The van der Waals surface area contributed by atoms with Crippen LogP contribution in [0, 0.1) is 47.4 Å². The van der Waals surface area contributed by atoms with Crippen LogP contribution in [0.15, 0.2) is 0 Å². The summed E-state index contributed by atoms with van der Waals surface area (Å²) in [7, 11) is 0. The number of carbonyl (C=O) groups excluding carboxylic acids is 2. The summed E-state index contributed by atoms with van der Waals surface area (Å²) < 4.78 is 24.5. The molecule has 0 aliphatic heterocycles. The van der Waals surface area contributed by atoms with Gasteiger partial charge in [-0.1, -0.05) is 39.5 Å². The quantitative estimate of drug-likeness (QED) is 0.0972. The van der Waals surface area contributed by atoms with E-state index < -0.39 is 11.2 Å². The zero-order chi connectivity index (χ0) is 35.7. The molecule has 0 aromatic carbocycles. The lowest BCUT2D eigenvalue weighted by Gasteiger charge is -2.37. The van der Waals surface area contributed by atoms with Crippen molar-refractivity contribution in [1.29, 1.82) is 0 Å². The van der Waals surface area contributed by atoms with Crippen LogP contribution < -0.4 is 0 Å². The SMILES string of the molecule is CCCC1CCC(C#CC#CC2(OC(=O)C3CCC(OCCCO)CC3)CCC(CCC)CC2)(OC(=O)C2CCC(OCCCO)CC2)CC1. The van der Waals surface area contributed by atoms with E-state index in [2.05, 4.69) is 37.5 Å². The summed E-state index contributed by atoms with van der Waals surface area (Å²) >= 11 is 0. The predicted molar refractivity (Wildman–Crippen MR) is 194 cm³/mol. The fourth-order valence-corrected chi connectivity index (χ4v) is 8.59. The van der Waals surface area contributed by atoms with E-state index in [0.29, 0.717) is 37.9 Å². The van der Waals surface area contributed by atoms with Crippen molar-refractivity contribution in [1.82, 2.24) is 0 Å². The molecule has 0 heterocycles. The molecule has 282 valence electrons. The van der Waals surface area contributed by atoms with Crippen LogP contribution in [-0.4, -0.2) is 72.0 Å². The highest BCUT2D eigenvalue weighted by Crippen LogP contribution is 2.40. The van der Waals surface area contributed by atoms with Gasteiger partial charge in [-0.05, 0) is 151 Å². The van der Waals surface area contributed by atoms with Crippen molar-refractivity contribution < 1.29 is 38.7 Å². The zero-order valence-electron chi connectivity index (χ0n) is 31.2. The molecule has 0 spiro atoms. The van der Waals surface area contributed by atoms with E-state index in [4.69, 9.17) is 29.2 Å². The molecule has 0 unspecified atom stereocenters. The Labute approximate surface area is 302 Å². The molecule has 0 amide bonds. The van der Waals surface area contributed by atoms with Crippen molar-refractivity contribution in [3.05, 3.63) is 0 Å². The van der Waals surface area contributed by atoms with Crippen molar-refractivity contribution >= 4 is 11.9 Å². The van der Waals surface area contributed by atoms with Gasteiger partial charge in [0.25, 0.3) is 0 Å². The van der Waals surface area contributed by atoms with E-state index >= 15 is 0 Å². The molecular weight excluding hydrogens is 632 g/mol. The van der Waals surface area contributed by atoms with Gasteiger partial charge in [-0.3, -0.25) is 9.59 Å². The normalized spacial score (nSPS) is 32.9. The summed E-state index contributed by atoms with van der Waals surface area (Å²) in [6.07, 6.45) is 19.4. The van der Waals surface area contributed by atoms with Crippen LogP contribution in [-0.2, 0) is 28.5 Å². The fourth-order valence-electron chi connectivity index (χ4n) is 8.59. The van der Waals surface area contributed by atoms with Gasteiger partial charge in [-0.2, -0.15) is 0 Å². The Morgan fingerprint density at radius 1 is 0.580 bits per heavy atom. The third kappa shape index (κ3) is 12.8. The van der Waals surface area contributed by atoms with E-state index in [1.807, 2.05) is 0 Å². The van der Waals surface area contributed by atoms with Crippen molar-refractivity contribution in [2.45, 2.75) is 179 Å². The molecule has 2 N–H and O–H groups in total.